The van der Waals surface area contributed by atoms with Gasteiger partial charge in [-0.15, -0.1) is 9.35 Å². The average Bonchev–Trinajstić information content (AvgIpc) is 2.69. The van der Waals surface area contributed by atoms with Crippen molar-refractivity contribution < 1.29 is 32.2 Å². The van der Waals surface area contributed by atoms with Gasteiger partial charge >= 0.3 is 16.1 Å². The number of halogens is 1. The average molecular weight is 432 g/mol. The summed E-state index contributed by atoms with van der Waals surface area (Å²) in [5.74, 6) is -3.34. The van der Waals surface area contributed by atoms with E-state index >= 15 is 0 Å². The van der Waals surface area contributed by atoms with E-state index in [9.17, 15) is 22.8 Å². The van der Waals surface area contributed by atoms with Crippen LogP contribution in [0, 0.1) is 0 Å². The zero-order valence-electron chi connectivity index (χ0n) is 14.3. The van der Waals surface area contributed by atoms with Crippen molar-refractivity contribution in [2.24, 2.45) is 0 Å². The highest BCUT2D eigenvalue weighted by Crippen LogP contribution is 2.31. The predicted octanol–water partition coefficient (Wildman–Crippen LogP) is 3.11. The molecule has 0 atom stereocenters. The molecule has 2 amide bonds. The van der Waals surface area contributed by atoms with Gasteiger partial charge in [0.05, 0.1) is 26.6 Å². The summed E-state index contributed by atoms with van der Waals surface area (Å²) in [6.07, 6.45) is 0. The van der Waals surface area contributed by atoms with Gasteiger partial charge in [0, 0.05) is 5.39 Å². The second kappa shape index (κ2) is 6.66. The third-order valence-corrected chi connectivity index (χ3v) is 5.87. The Bertz CT molecular complexity index is 1280. The summed E-state index contributed by atoms with van der Waals surface area (Å²) >= 11 is 5.75. The van der Waals surface area contributed by atoms with Gasteiger partial charge in [-0.3, -0.25) is 9.59 Å². The molecular formula is C19H10ClNO7S. The molecule has 1 heterocycles. The number of hydrogen-bond donors (Lipinski definition) is 1. The van der Waals surface area contributed by atoms with Crippen LogP contribution in [0.2, 0.25) is 5.02 Å². The Labute approximate surface area is 169 Å². The number of carboxylic acids is 1. The molecule has 10 heteroatoms. The molecule has 0 aromatic heterocycles. The largest absolute Gasteiger partial charge is 0.478 e. The van der Waals surface area contributed by atoms with E-state index < -0.39 is 38.4 Å². The summed E-state index contributed by atoms with van der Waals surface area (Å²) in [6.45, 7) is 0. The van der Waals surface area contributed by atoms with Gasteiger partial charge in [-0.1, -0.05) is 35.9 Å². The van der Waals surface area contributed by atoms with Crippen molar-refractivity contribution >= 4 is 50.3 Å². The summed E-state index contributed by atoms with van der Waals surface area (Å²) in [4.78, 5) is 36.1. The molecule has 29 heavy (non-hydrogen) atoms. The van der Waals surface area contributed by atoms with Crippen LogP contribution in [0.5, 0.6) is 0 Å². The van der Waals surface area contributed by atoms with E-state index in [-0.39, 0.29) is 21.2 Å². The second-order valence-corrected chi connectivity index (χ2v) is 8.03. The van der Waals surface area contributed by atoms with Crippen LogP contribution in [-0.2, 0) is 14.4 Å². The first-order valence-corrected chi connectivity index (χ1v) is 9.87. The SMILES string of the molecule is O=C(O)c1cc(S(=O)(=O)ON2C(=O)c3cccc4cccc(c34)C2=O)ccc1Cl. The van der Waals surface area contributed by atoms with Crippen molar-refractivity contribution in [1.29, 1.82) is 0 Å². The van der Waals surface area contributed by atoms with Crippen molar-refractivity contribution in [3.63, 3.8) is 0 Å². The fourth-order valence-corrected chi connectivity index (χ4v) is 4.15. The van der Waals surface area contributed by atoms with E-state index in [4.69, 9.17) is 21.0 Å². The Morgan fingerprint density at radius 1 is 0.966 bits per heavy atom. The number of carbonyl (C=O) groups excluding carboxylic acids is 2. The maximum Gasteiger partial charge on any atom is 0.337 e. The van der Waals surface area contributed by atoms with Crippen molar-refractivity contribution in [2.45, 2.75) is 4.90 Å². The van der Waals surface area contributed by atoms with Gasteiger partial charge in [0.25, 0.3) is 11.8 Å². The van der Waals surface area contributed by atoms with Crippen LogP contribution in [0.4, 0.5) is 0 Å². The third-order valence-electron chi connectivity index (χ3n) is 4.36. The summed E-state index contributed by atoms with van der Waals surface area (Å²) in [5, 5.41) is 10.1. The van der Waals surface area contributed by atoms with Crippen LogP contribution >= 0.6 is 11.6 Å². The molecule has 0 bridgehead atoms. The van der Waals surface area contributed by atoms with Crippen LogP contribution in [0.15, 0.2) is 59.5 Å². The van der Waals surface area contributed by atoms with Crippen LogP contribution < -0.4 is 0 Å². The van der Waals surface area contributed by atoms with Gasteiger partial charge in [0.1, 0.15) is 0 Å². The maximum atomic E-state index is 12.8. The number of nitrogens with zero attached hydrogens (tertiary/aromatic N) is 1. The molecule has 1 aliphatic rings. The number of aromatic carboxylic acids is 1. The van der Waals surface area contributed by atoms with E-state index in [2.05, 4.69) is 0 Å². The zero-order chi connectivity index (χ0) is 20.9. The van der Waals surface area contributed by atoms with Crippen molar-refractivity contribution in [3.05, 3.63) is 76.3 Å². The first-order valence-electron chi connectivity index (χ1n) is 8.08. The van der Waals surface area contributed by atoms with E-state index in [1.54, 1.807) is 24.3 Å². The highest BCUT2D eigenvalue weighted by Gasteiger charge is 2.37. The quantitative estimate of drug-likeness (QED) is 0.630. The molecule has 0 spiro atoms. The highest BCUT2D eigenvalue weighted by molar-refractivity contribution is 7.86. The number of benzene rings is 3. The minimum Gasteiger partial charge on any atom is -0.478 e. The minimum absolute atomic E-state index is 0.107. The van der Waals surface area contributed by atoms with Gasteiger partial charge in [-0.25, -0.2) is 4.79 Å². The number of amides is 2. The lowest BCUT2D eigenvalue weighted by Crippen LogP contribution is -2.41. The molecule has 3 aromatic rings. The summed E-state index contributed by atoms with van der Waals surface area (Å²) in [6, 6.07) is 12.4. The lowest BCUT2D eigenvalue weighted by molar-refractivity contribution is -0.0155. The zero-order valence-corrected chi connectivity index (χ0v) is 15.9. The fourth-order valence-electron chi connectivity index (χ4n) is 3.04. The van der Waals surface area contributed by atoms with E-state index in [0.29, 0.717) is 10.8 Å². The Morgan fingerprint density at radius 3 is 2.10 bits per heavy atom. The monoisotopic (exact) mass is 431 g/mol. The molecule has 0 unspecified atom stereocenters. The summed E-state index contributed by atoms with van der Waals surface area (Å²) < 4.78 is 30.1. The third kappa shape index (κ3) is 3.05. The summed E-state index contributed by atoms with van der Waals surface area (Å²) in [5.41, 5.74) is -0.256. The number of carboxylic acid groups (broad SMARTS) is 1. The number of imide groups is 1. The van der Waals surface area contributed by atoms with Gasteiger partial charge < -0.3 is 5.11 Å². The Morgan fingerprint density at radius 2 is 1.55 bits per heavy atom. The van der Waals surface area contributed by atoms with Crippen LogP contribution in [0.1, 0.15) is 31.1 Å². The standard InChI is InChI=1S/C19H10ClNO7S/c20-15-8-7-11(9-14(15)19(24)25)29(26,27)28-21-17(22)12-5-1-3-10-4-2-6-13(16(10)12)18(21)23/h1-9H,(H,24,25). The molecule has 4 rings (SSSR count). The van der Waals surface area contributed by atoms with Gasteiger partial charge in [0.15, 0.2) is 0 Å². The molecule has 0 radical (unpaired) electrons. The van der Waals surface area contributed by atoms with Gasteiger partial charge in [-0.05, 0) is 35.7 Å². The lowest BCUT2D eigenvalue weighted by atomic mass is 9.95. The van der Waals surface area contributed by atoms with E-state index in [1.807, 2.05) is 0 Å². The Kier molecular flexibility index (Phi) is 4.38. The molecule has 146 valence electrons. The van der Waals surface area contributed by atoms with Crippen LogP contribution in [-0.4, -0.2) is 36.4 Å². The smallest absolute Gasteiger partial charge is 0.337 e. The number of hydrogen-bond acceptors (Lipinski definition) is 6. The molecule has 8 nitrogen and oxygen atoms in total. The van der Waals surface area contributed by atoms with Crippen molar-refractivity contribution in [3.8, 4) is 0 Å². The number of carbonyl (C=O) groups is 3. The second-order valence-electron chi connectivity index (χ2n) is 6.09. The Balaban J connectivity index is 1.77. The van der Waals surface area contributed by atoms with E-state index in [0.717, 1.165) is 18.2 Å². The van der Waals surface area contributed by atoms with E-state index in [1.165, 1.54) is 12.1 Å². The van der Waals surface area contributed by atoms with Crippen molar-refractivity contribution in [1.82, 2.24) is 5.06 Å². The molecule has 3 aromatic carbocycles. The highest BCUT2D eigenvalue weighted by atomic mass is 35.5. The van der Waals surface area contributed by atoms with Gasteiger partial charge in [0.2, 0.25) is 0 Å². The topological polar surface area (TPSA) is 118 Å². The Hall–Kier alpha value is -3.27. The normalized spacial score (nSPS) is 13.8. The van der Waals surface area contributed by atoms with Crippen molar-refractivity contribution in [2.75, 3.05) is 0 Å². The molecule has 0 fully saturated rings. The van der Waals surface area contributed by atoms with Gasteiger partial charge in [-0.2, -0.15) is 8.42 Å². The van der Waals surface area contributed by atoms with Crippen LogP contribution in [0.3, 0.4) is 0 Å². The first kappa shape index (κ1) is 19.1. The fraction of sp³-hybridized carbons (Fsp3) is 0. The molecule has 1 N–H and O–H groups in total. The first-order chi connectivity index (χ1) is 13.7. The maximum absolute atomic E-state index is 12.8. The molecule has 0 saturated carbocycles. The summed E-state index contributed by atoms with van der Waals surface area (Å²) in [7, 11) is -4.71. The van der Waals surface area contributed by atoms with Crippen LogP contribution in [0.25, 0.3) is 10.8 Å². The molecule has 0 saturated heterocycles. The molecule has 1 aliphatic heterocycles. The predicted molar refractivity (Wildman–Crippen MR) is 101 cm³/mol. The molecule has 0 aliphatic carbocycles. The number of hydroxylamine groups is 2. The molecular weight excluding hydrogens is 422 g/mol. The minimum atomic E-state index is -4.71. The number of rotatable bonds is 4. The lowest BCUT2D eigenvalue weighted by Gasteiger charge is -2.25.